The highest BCUT2D eigenvalue weighted by molar-refractivity contribution is 6.93. The number of rotatable bonds is 0. The monoisotopic (exact) mass is 479 g/mol. The number of benzene rings is 7. The van der Waals surface area contributed by atoms with E-state index >= 15 is 0 Å². The summed E-state index contributed by atoms with van der Waals surface area (Å²) in [6.45, 7) is 0.0952. The van der Waals surface area contributed by atoms with Crippen LogP contribution in [0.15, 0.2) is 133 Å². The highest BCUT2D eigenvalue weighted by Crippen LogP contribution is 2.48. The van der Waals surface area contributed by atoms with E-state index in [1.54, 1.807) is 0 Å². The minimum atomic E-state index is 0.0952. The molecule has 2 aliphatic rings. The molecule has 0 spiro atoms. The number of fused-ring (bicyclic) bond motifs is 15. The topological polar surface area (TPSA) is 3.24 Å². The molecule has 38 heavy (non-hydrogen) atoms. The Bertz CT molecular complexity index is 2110. The lowest BCUT2D eigenvalue weighted by molar-refractivity contribution is 1.36. The Morgan fingerprint density at radius 1 is 0.395 bits per heavy atom. The Hall–Kier alpha value is -4.82. The van der Waals surface area contributed by atoms with Gasteiger partial charge in [0.2, 0.25) is 0 Å². The molecule has 2 heteroatoms. The van der Waals surface area contributed by atoms with Crippen molar-refractivity contribution in [3.05, 3.63) is 133 Å². The molecule has 0 unspecified atom stereocenters. The zero-order valence-electron chi connectivity index (χ0n) is 20.7. The smallest absolute Gasteiger partial charge is 0.329 e. The van der Waals surface area contributed by atoms with Crippen molar-refractivity contribution in [1.29, 1.82) is 0 Å². The molecule has 1 nitrogen and oxygen atoms in total. The summed E-state index contributed by atoms with van der Waals surface area (Å²) < 4.78 is 0. The van der Waals surface area contributed by atoms with Gasteiger partial charge in [0.25, 0.3) is 0 Å². The van der Waals surface area contributed by atoms with E-state index in [-0.39, 0.29) is 6.85 Å². The van der Waals surface area contributed by atoms with E-state index in [1.807, 2.05) is 0 Å². The van der Waals surface area contributed by atoms with E-state index in [9.17, 15) is 0 Å². The van der Waals surface area contributed by atoms with Crippen molar-refractivity contribution in [1.82, 2.24) is 0 Å². The standard InChI is InChI=1S/C36H22BN/c1-3-12-26-21-33-30(19-24(26)10-1)31-20-25-11-2-4-13-27(25)22-35(31)38-34-16-8-7-15-29(34)36-28-14-6-5-9-23(28)17-18-32(36)37(33)38/h1-22H. The van der Waals surface area contributed by atoms with E-state index in [2.05, 4.69) is 138 Å². The van der Waals surface area contributed by atoms with E-state index in [0.717, 1.165) is 0 Å². The van der Waals surface area contributed by atoms with Gasteiger partial charge in [0.05, 0.1) is 0 Å². The molecule has 0 saturated carbocycles. The van der Waals surface area contributed by atoms with Crippen LogP contribution in [0.1, 0.15) is 0 Å². The van der Waals surface area contributed by atoms with Gasteiger partial charge in [-0.1, -0.05) is 109 Å². The van der Waals surface area contributed by atoms with Crippen LogP contribution in [0.3, 0.4) is 0 Å². The first-order valence-corrected chi connectivity index (χ1v) is 13.3. The zero-order chi connectivity index (χ0) is 24.8. The van der Waals surface area contributed by atoms with E-state index < -0.39 is 0 Å². The Balaban J connectivity index is 1.47. The molecule has 7 aromatic rings. The van der Waals surface area contributed by atoms with Crippen LogP contribution in [-0.4, -0.2) is 6.85 Å². The fourth-order valence-electron chi connectivity index (χ4n) is 6.93. The minimum absolute atomic E-state index is 0.0952. The fraction of sp³-hybridized carbons (Fsp3) is 0. The molecule has 0 aromatic heterocycles. The van der Waals surface area contributed by atoms with Crippen molar-refractivity contribution in [2.24, 2.45) is 0 Å². The van der Waals surface area contributed by atoms with Gasteiger partial charge in [-0.2, -0.15) is 0 Å². The molecule has 174 valence electrons. The lowest BCUT2D eigenvalue weighted by atomic mass is 9.43. The van der Waals surface area contributed by atoms with Crippen molar-refractivity contribution in [2.75, 3.05) is 4.81 Å². The molecule has 0 bridgehead atoms. The second-order valence-electron chi connectivity index (χ2n) is 10.5. The van der Waals surface area contributed by atoms with E-state index in [0.29, 0.717) is 0 Å². The average Bonchev–Trinajstić information content (AvgIpc) is 2.98. The summed E-state index contributed by atoms with van der Waals surface area (Å²) in [6.07, 6.45) is 0. The molecule has 2 heterocycles. The summed E-state index contributed by atoms with van der Waals surface area (Å²) in [5.74, 6) is 0. The average molecular weight is 479 g/mol. The lowest BCUT2D eigenvalue weighted by Crippen LogP contribution is -2.59. The molecule has 0 radical (unpaired) electrons. The second kappa shape index (κ2) is 7.37. The maximum absolute atomic E-state index is 2.60. The molecule has 7 aromatic carbocycles. The molecule has 0 aliphatic carbocycles. The van der Waals surface area contributed by atoms with Gasteiger partial charge in [-0.05, 0) is 78.6 Å². The second-order valence-corrected chi connectivity index (χ2v) is 10.5. The predicted octanol–water partition coefficient (Wildman–Crippen LogP) is 8.05. The molecule has 0 N–H and O–H groups in total. The van der Waals surface area contributed by atoms with Gasteiger partial charge in [0.1, 0.15) is 0 Å². The van der Waals surface area contributed by atoms with Crippen LogP contribution in [0, 0.1) is 0 Å². The van der Waals surface area contributed by atoms with Crippen LogP contribution in [-0.2, 0) is 0 Å². The quantitative estimate of drug-likeness (QED) is 0.199. The summed E-state index contributed by atoms with van der Waals surface area (Å²) in [4.78, 5) is 2.60. The van der Waals surface area contributed by atoms with Gasteiger partial charge >= 0.3 is 6.85 Å². The van der Waals surface area contributed by atoms with Crippen molar-refractivity contribution in [3.63, 3.8) is 0 Å². The van der Waals surface area contributed by atoms with Crippen molar-refractivity contribution >= 4 is 61.5 Å². The molecule has 0 fully saturated rings. The van der Waals surface area contributed by atoms with Crippen molar-refractivity contribution in [2.45, 2.75) is 0 Å². The van der Waals surface area contributed by atoms with Gasteiger partial charge < -0.3 is 4.81 Å². The summed E-state index contributed by atoms with van der Waals surface area (Å²) in [5.41, 5.74) is 10.6. The third kappa shape index (κ3) is 2.62. The molecule has 9 rings (SSSR count). The Morgan fingerprint density at radius 2 is 1.00 bits per heavy atom. The van der Waals surface area contributed by atoms with Crippen molar-refractivity contribution < 1.29 is 0 Å². The van der Waals surface area contributed by atoms with Crippen LogP contribution in [0.5, 0.6) is 0 Å². The van der Waals surface area contributed by atoms with E-state index in [1.165, 1.54) is 76.9 Å². The molecular weight excluding hydrogens is 457 g/mol. The number of hydrogen-bond donors (Lipinski definition) is 0. The first kappa shape index (κ1) is 20.3. The third-order valence-electron chi connectivity index (χ3n) is 8.57. The van der Waals surface area contributed by atoms with Crippen LogP contribution >= 0.6 is 0 Å². The summed E-state index contributed by atoms with van der Waals surface area (Å²) >= 11 is 0. The van der Waals surface area contributed by atoms with E-state index in [4.69, 9.17) is 0 Å². The lowest BCUT2D eigenvalue weighted by Gasteiger charge is -2.44. The number of hydrogen-bond acceptors (Lipinski definition) is 1. The number of para-hydroxylation sites is 1. The Labute approximate surface area is 221 Å². The van der Waals surface area contributed by atoms with Crippen LogP contribution < -0.4 is 15.7 Å². The summed E-state index contributed by atoms with van der Waals surface area (Å²) in [5, 5.41) is 7.74. The Kier molecular flexibility index (Phi) is 3.93. The zero-order valence-corrected chi connectivity index (χ0v) is 20.7. The number of anilines is 2. The fourth-order valence-corrected chi connectivity index (χ4v) is 6.93. The van der Waals surface area contributed by atoms with Crippen LogP contribution in [0.25, 0.3) is 54.6 Å². The SMILES string of the molecule is c1ccc2c(c1)-c1c(ccc3ccccc13)B1c3cc4ccccc4cc3-c3cc4ccccc4cc3N12. The maximum atomic E-state index is 2.60. The van der Waals surface area contributed by atoms with Crippen LogP contribution in [0.2, 0.25) is 0 Å². The first-order valence-electron chi connectivity index (χ1n) is 13.3. The molecule has 0 amide bonds. The van der Waals surface area contributed by atoms with Crippen molar-refractivity contribution in [3.8, 4) is 22.3 Å². The normalized spacial score (nSPS) is 13.2. The first-order chi connectivity index (χ1) is 18.8. The molecule has 0 atom stereocenters. The number of nitrogens with zero attached hydrogens (tertiary/aromatic N) is 1. The minimum Gasteiger partial charge on any atom is -0.376 e. The van der Waals surface area contributed by atoms with Gasteiger partial charge in [-0.25, -0.2) is 0 Å². The van der Waals surface area contributed by atoms with Gasteiger partial charge in [-0.3, -0.25) is 0 Å². The predicted molar refractivity (Wildman–Crippen MR) is 163 cm³/mol. The van der Waals surface area contributed by atoms with Crippen LogP contribution in [0.4, 0.5) is 11.4 Å². The molecule has 2 aliphatic heterocycles. The van der Waals surface area contributed by atoms with Gasteiger partial charge in [-0.15, -0.1) is 0 Å². The summed E-state index contributed by atoms with van der Waals surface area (Å²) in [7, 11) is 0. The molecule has 0 saturated heterocycles. The third-order valence-corrected chi connectivity index (χ3v) is 8.57. The molecular formula is C36H22BN. The maximum Gasteiger partial charge on any atom is 0.329 e. The van der Waals surface area contributed by atoms with Gasteiger partial charge in [0, 0.05) is 22.5 Å². The largest absolute Gasteiger partial charge is 0.376 e. The highest BCUT2D eigenvalue weighted by atomic mass is 15.1. The van der Waals surface area contributed by atoms with Gasteiger partial charge in [0.15, 0.2) is 0 Å². The summed E-state index contributed by atoms with van der Waals surface area (Å²) in [6, 6.07) is 49.6. The Morgan fingerprint density at radius 3 is 1.79 bits per heavy atom. The highest BCUT2D eigenvalue weighted by Gasteiger charge is 2.42.